The van der Waals surface area contributed by atoms with E-state index in [-0.39, 0.29) is 6.04 Å². The lowest BCUT2D eigenvalue weighted by atomic mass is 10.0. The Kier molecular flexibility index (Phi) is 4.09. The van der Waals surface area contributed by atoms with E-state index in [0.29, 0.717) is 17.3 Å². The highest BCUT2D eigenvalue weighted by molar-refractivity contribution is 6.30. The van der Waals surface area contributed by atoms with Crippen molar-refractivity contribution in [3.63, 3.8) is 0 Å². The van der Waals surface area contributed by atoms with Gasteiger partial charge in [-0.2, -0.15) is 0 Å². The van der Waals surface area contributed by atoms with Crippen LogP contribution >= 0.6 is 11.6 Å². The maximum absolute atomic E-state index is 5.92. The van der Waals surface area contributed by atoms with E-state index in [0.717, 1.165) is 11.1 Å². The Morgan fingerprint density at radius 3 is 2.89 bits per heavy atom. The fraction of sp³-hybridized carbons (Fsp3) is 0.167. The molecule has 5 N–H and O–H groups in total. The van der Waals surface area contributed by atoms with Gasteiger partial charge >= 0.3 is 0 Å². The van der Waals surface area contributed by atoms with Gasteiger partial charge in [0.25, 0.3) is 0 Å². The van der Waals surface area contributed by atoms with Gasteiger partial charge in [-0.05, 0) is 24.1 Å². The molecule has 94 valence electrons. The van der Waals surface area contributed by atoms with Gasteiger partial charge < -0.3 is 5.73 Å². The van der Waals surface area contributed by atoms with E-state index >= 15 is 0 Å². The molecule has 1 unspecified atom stereocenters. The van der Waals surface area contributed by atoms with Crippen molar-refractivity contribution < 1.29 is 0 Å². The van der Waals surface area contributed by atoms with Crippen LogP contribution in [0, 0.1) is 0 Å². The molecule has 0 aliphatic carbocycles. The van der Waals surface area contributed by atoms with Crippen LogP contribution in [0.1, 0.15) is 17.2 Å². The normalized spacial score (nSPS) is 12.3. The van der Waals surface area contributed by atoms with Crippen LogP contribution < -0.4 is 17.0 Å². The minimum absolute atomic E-state index is 0.152. The number of pyridine rings is 2. The van der Waals surface area contributed by atoms with Crippen molar-refractivity contribution in [3.05, 3.63) is 52.9 Å². The standard InChI is InChI=1S/C12H14ClN5/c13-9-5-10(12(14)17-7-9)11(18-15)4-8-2-1-3-16-6-8/h1-3,5-7,11,18H,4,15H2,(H2,14,17). The Hall–Kier alpha value is -1.69. The highest BCUT2D eigenvalue weighted by Crippen LogP contribution is 2.24. The summed E-state index contributed by atoms with van der Waals surface area (Å²) in [6.45, 7) is 0. The minimum atomic E-state index is -0.152. The molecule has 0 amide bonds. The summed E-state index contributed by atoms with van der Waals surface area (Å²) >= 11 is 5.92. The topological polar surface area (TPSA) is 89.8 Å². The van der Waals surface area contributed by atoms with Crippen LogP contribution in [0.4, 0.5) is 5.82 Å². The molecule has 0 fully saturated rings. The van der Waals surface area contributed by atoms with Crippen molar-refractivity contribution in [3.8, 4) is 0 Å². The zero-order valence-electron chi connectivity index (χ0n) is 9.68. The summed E-state index contributed by atoms with van der Waals surface area (Å²) in [6.07, 6.45) is 5.69. The first-order chi connectivity index (χ1) is 8.70. The SMILES string of the molecule is NNC(Cc1cccnc1)c1cc(Cl)cnc1N. The first-order valence-corrected chi connectivity index (χ1v) is 5.84. The Morgan fingerprint density at radius 2 is 2.22 bits per heavy atom. The molecule has 18 heavy (non-hydrogen) atoms. The quantitative estimate of drug-likeness (QED) is 0.574. The summed E-state index contributed by atoms with van der Waals surface area (Å²) in [6, 6.07) is 5.47. The lowest BCUT2D eigenvalue weighted by molar-refractivity contribution is 0.551. The molecule has 0 aliphatic rings. The van der Waals surface area contributed by atoms with Crippen molar-refractivity contribution in [2.75, 3.05) is 5.73 Å². The summed E-state index contributed by atoms with van der Waals surface area (Å²) < 4.78 is 0. The average Bonchev–Trinajstić information content (AvgIpc) is 2.40. The Balaban J connectivity index is 2.26. The fourth-order valence-electron chi connectivity index (χ4n) is 1.76. The number of nitrogens with two attached hydrogens (primary N) is 2. The monoisotopic (exact) mass is 263 g/mol. The Labute approximate surface area is 110 Å². The second-order valence-corrected chi connectivity index (χ2v) is 4.35. The van der Waals surface area contributed by atoms with Gasteiger partial charge in [-0.3, -0.25) is 16.3 Å². The third-order valence-corrected chi connectivity index (χ3v) is 2.86. The van der Waals surface area contributed by atoms with Crippen molar-refractivity contribution in [2.45, 2.75) is 12.5 Å². The number of anilines is 1. The van der Waals surface area contributed by atoms with Crippen molar-refractivity contribution in [1.82, 2.24) is 15.4 Å². The van der Waals surface area contributed by atoms with E-state index in [1.807, 2.05) is 12.1 Å². The largest absolute Gasteiger partial charge is 0.383 e. The third-order valence-electron chi connectivity index (χ3n) is 2.66. The van der Waals surface area contributed by atoms with Crippen LogP contribution in [0.2, 0.25) is 5.02 Å². The van der Waals surface area contributed by atoms with Crippen LogP contribution in [0.25, 0.3) is 0 Å². The molecular weight excluding hydrogens is 250 g/mol. The molecule has 0 bridgehead atoms. The number of halogens is 1. The van der Waals surface area contributed by atoms with Crippen LogP contribution in [0.15, 0.2) is 36.8 Å². The summed E-state index contributed by atoms with van der Waals surface area (Å²) in [4.78, 5) is 8.09. The predicted octanol–water partition coefficient (Wildman–Crippen LogP) is 1.46. The van der Waals surface area contributed by atoms with E-state index in [2.05, 4.69) is 15.4 Å². The number of hydrazine groups is 1. The van der Waals surface area contributed by atoms with E-state index in [1.165, 1.54) is 6.20 Å². The van der Waals surface area contributed by atoms with Gasteiger partial charge in [0.1, 0.15) is 5.82 Å². The number of hydrogen-bond acceptors (Lipinski definition) is 5. The molecule has 0 spiro atoms. The van der Waals surface area contributed by atoms with Crippen LogP contribution in [0.3, 0.4) is 0 Å². The summed E-state index contributed by atoms with van der Waals surface area (Å²) in [7, 11) is 0. The zero-order chi connectivity index (χ0) is 13.0. The van der Waals surface area contributed by atoms with Gasteiger partial charge in [-0.1, -0.05) is 17.7 Å². The lowest BCUT2D eigenvalue weighted by Crippen LogP contribution is -2.30. The maximum atomic E-state index is 5.92. The highest BCUT2D eigenvalue weighted by atomic mass is 35.5. The van der Waals surface area contributed by atoms with Crippen molar-refractivity contribution in [1.29, 1.82) is 0 Å². The first kappa shape index (κ1) is 12.8. The summed E-state index contributed by atoms with van der Waals surface area (Å²) in [5.74, 6) is 6.00. The number of hydrogen-bond donors (Lipinski definition) is 3. The Morgan fingerprint density at radius 1 is 1.39 bits per heavy atom. The molecule has 0 radical (unpaired) electrons. The predicted molar refractivity (Wildman–Crippen MR) is 71.7 cm³/mol. The molecule has 0 saturated heterocycles. The van der Waals surface area contributed by atoms with Crippen LogP contribution in [-0.2, 0) is 6.42 Å². The molecule has 2 rings (SSSR count). The number of aromatic nitrogens is 2. The number of rotatable bonds is 4. The van der Waals surface area contributed by atoms with Crippen molar-refractivity contribution in [2.24, 2.45) is 5.84 Å². The highest BCUT2D eigenvalue weighted by Gasteiger charge is 2.15. The molecule has 2 aromatic rings. The molecule has 2 aromatic heterocycles. The van der Waals surface area contributed by atoms with E-state index in [1.54, 1.807) is 18.5 Å². The fourth-order valence-corrected chi connectivity index (χ4v) is 1.92. The molecule has 6 heteroatoms. The van der Waals surface area contributed by atoms with Gasteiger partial charge in [0.2, 0.25) is 0 Å². The second-order valence-electron chi connectivity index (χ2n) is 3.91. The second kappa shape index (κ2) is 5.77. The van der Waals surface area contributed by atoms with Crippen LogP contribution in [-0.4, -0.2) is 9.97 Å². The molecule has 0 saturated carbocycles. The van der Waals surface area contributed by atoms with E-state index < -0.39 is 0 Å². The number of nitrogens with one attached hydrogen (secondary N) is 1. The van der Waals surface area contributed by atoms with Gasteiger partial charge in [0.15, 0.2) is 0 Å². The smallest absolute Gasteiger partial charge is 0.128 e. The number of nitrogens with zero attached hydrogens (tertiary/aromatic N) is 2. The molecule has 0 aliphatic heterocycles. The van der Waals surface area contributed by atoms with Gasteiger partial charge in [0, 0.05) is 24.2 Å². The lowest BCUT2D eigenvalue weighted by Gasteiger charge is -2.17. The molecular formula is C12H14ClN5. The zero-order valence-corrected chi connectivity index (χ0v) is 10.4. The van der Waals surface area contributed by atoms with E-state index in [4.69, 9.17) is 23.2 Å². The summed E-state index contributed by atoms with van der Waals surface area (Å²) in [5.41, 5.74) is 10.4. The molecule has 5 nitrogen and oxygen atoms in total. The summed E-state index contributed by atoms with van der Waals surface area (Å²) in [5, 5.41) is 0.533. The molecule has 1 atom stereocenters. The first-order valence-electron chi connectivity index (χ1n) is 5.46. The van der Waals surface area contributed by atoms with Gasteiger partial charge in [-0.15, -0.1) is 0 Å². The average molecular weight is 264 g/mol. The number of nitrogen functional groups attached to an aromatic ring is 1. The Bertz CT molecular complexity index is 517. The third kappa shape index (κ3) is 2.95. The van der Waals surface area contributed by atoms with Crippen molar-refractivity contribution >= 4 is 17.4 Å². The molecule has 2 heterocycles. The van der Waals surface area contributed by atoms with Gasteiger partial charge in [-0.25, -0.2) is 4.98 Å². The van der Waals surface area contributed by atoms with Crippen LogP contribution in [0.5, 0.6) is 0 Å². The molecule has 0 aromatic carbocycles. The van der Waals surface area contributed by atoms with Gasteiger partial charge in [0.05, 0.1) is 11.1 Å². The minimum Gasteiger partial charge on any atom is -0.383 e. The maximum Gasteiger partial charge on any atom is 0.128 e. The van der Waals surface area contributed by atoms with E-state index in [9.17, 15) is 0 Å².